The van der Waals surface area contributed by atoms with Crippen LogP contribution in [0.5, 0.6) is 0 Å². The number of hydrogen-bond acceptors (Lipinski definition) is 2. The van der Waals surface area contributed by atoms with Crippen LogP contribution in [0.4, 0.5) is 0 Å². The molecule has 0 amide bonds. The van der Waals surface area contributed by atoms with Crippen LogP contribution in [0.25, 0.3) is 0 Å². The minimum absolute atomic E-state index is 0.435. The quantitative estimate of drug-likeness (QED) is 0.512. The van der Waals surface area contributed by atoms with Gasteiger partial charge in [-0.25, -0.2) is 0 Å². The number of rotatable bonds is 1. The Hall–Kier alpha value is 0.310. The highest BCUT2D eigenvalue weighted by Crippen LogP contribution is 2.23. The van der Waals surface area contributed by atoms with Gasteiger partial charge in [0.1, 0.15) is 0 Å². The molecule has 0 spiro atoms. The molecule has 1 atom stereocenters. The second-order valence-electron chi connectivity index (χ2n) is 1.57. The summed E-state index contributed by atoms with van der Waals surface area (Å²) in [5.74, 6) is 3.39. The first-order chi connectivity index (χ1) is 3.43. The van der Waals surface area contributed by atoms with Gasteiger partial charge in [-0.2, -0.15) is 11.8 Å². The molecule has 0 N–H and O–H groups in total. The lowest BCUT2D eigenvalue weighted by Crippen LogP contribution is -2.02. The van der Waals surface area contributed by atoms with Crippen LogP contribution in [-0.2, 0) is 4.74 Å². The van der Waals surface area contributed by atoms with Gasteiger partial charge in [-0.1, -0.05) is 0 Å². The lowest BCUT2D eigenvalue weighted by molar-refractivity contribution is 0.137. The van der Waals surface area contributed by atoms with Gasteiger partial charge in [0.2, 0.25) is 0 Å². The first kappa shape index (κ1) is 5.45. The molecule has 7 heavy (non-hydrogen) atoms. The molecule has 0 aromatic carbocycles. The zero-order valence-corrected chi connectivity index (χ0v) is 5.20. The highest BCUT2D eigenvalue weighted by molar-refractivity contribution is 8.01. The largest absolute Gasteiger partial charge is 0.380 e. The molecule has 0 aliphatic carbocycles. The van der Waals surface area contributed by atoms with Crippen molar-refractivity contribution in [2.75, 3.05) is 12.9 Å². The monoisotopic (exact) mass is 117 g/mol. The van der Waals surface area contributed by atoms with Crippen molar-refractivity contribution in [3.8, 4) is 0 Å². The summed E-state index contributed by atoms with van der Waals surface area (Å²) in [6.07, 6.45) is 1.63. The van der Waals surface area contributed by atoms with Crippen molar-refractivity contribution < 1.29 is 4.74 Å². The lowest BCUT2D eigenvalue weighted by Gasteiger charge is -2.00. The molecule has 0 aromatic heterocycles. The Morgan fingerprint density at radius 2 is 2.71 bits per heavy atom. The Morgan fingerprint density at radius 1 is 1.86 bits per heavy atom. The Kier molecular flexibility index (Phi) is 2.00. The molecule has 0 bridgehead atoms. The van der Waals surface area contributed by atoms with E-state index < -0.39 is 0 Å². The predicted octanol–water partition coefficient (Wildman–Crippen LogP) is 1.30. The molecule has 1 nitrogen and oxygen atoms in total. The zero-order valence-electron chi connectivity index (χ0n) is 4.39. The number of hydrogen-bond donors (Lipinski definition) is 0. The highest BCUT2D eigenvalue weighted by atomic mass is 32.2. The van der Waals surface area contributed by atoms with Gasteiger partial charge >= 0.3 is 0 Å². The summed E-state index contributed by atoms with van der Waals surface area (Å²) in [6, 6.07) is 0. The van der Waals surface area contributed by atoms with Crippen molar-refractivity contribution in [1.29, 1.82) is 0 Å². The summed E-state index contributed by atoms with van der Waals surface area (Å²) in [6.45, 7) is 0. The Bertz CT molecular complexity index is 50.0. The van der Waals surface area contributed by atoms with E-state index in [1.54, 1.807) is 7.11 Å². The fourth-order valence-corrected chi connectivity index (χ4v) is 1.57. The van der Waals surface area contributed by atoms with E-state index in [9.17, 15) is 0 Å². The van der Waals surface area contributed by atoms with Gasteiger partial charge in [0, 0.05) is 12.9 Å². The van der Waals surface area contributed by atoms with Crippen LogP contribution in [0.1, 0.15) is 6.42 Å². The maximum absolute atomic E-state index is 5.03. The average molecular weight is 117 g/mol. The zero-order chi connectivity index (χ0) is 5.11. The molecule has 2 heteroatoms. The summed E-state index contributed by atoms with van der Waals surface area (Å²) in [4.78, 5) is 0. The maximum Gasteiger partial charge on any atom is 0.0709 e. The molecule has 1 fully saturated rings. The third-order valence-corrected chi connectivity index (χ3v) is 2.04. The van der Waals surface area contributed by atoms with Gasteiger partial charge in [-0.05, 0) is 12.2 Å². The van der Waals surface area contributed by atoms with E-state index in [0.717, 1.165) is 0 Å². The molecule has 1 aliphatic rings. The SMILES string of the molecule is COC1[CH]SCC1. The predicted molar refractivity (Wildman–Crippen MR) is 32.2 cm³/mol. The summed E-state index contributed by atoms with van der Waals surface area (Å²) in [5, 5.41) is 0. The fraction of sp³-hybridized carbons (Fsp3) is 0.800. The molecule has 0 aromatic rings. The normalized spacial score (nSPS) is 31.3. The molecule has 1 aliphatic heterocycles. The van der Waals surface area contributed by atoms with Crippen molar-refractivity contribution in [2.45, 2.75) is 12.5 Å². The molecule has 0 saturated carbocycles. The van der Waals surface area contributed by atoms with Gasteiger partial charge in [-0.15, -0.1) is 0 Å². The fourth-order valence-electron chi connectivity index (χ4n) is 0.601. The van der Waals surface area contributed by atoms with Crippen molar-refractivity contribution >= 4 is 11.8 Å². The van der Waals surface area contributed by atoms with Crippen LogP contribution in [0.3, 0.4) is 0 Å². The van der Waals surface area contributed by atoms with Crippen molar-refractivity contribution in [3.05, 3.63) is 5.75 Å². The molecule has 1 radical (unpaired) electrons. The Morgan fingerprint density at radius 3 is 3.00 bits per heavy atom. The van der Waals surface area contributed by atoms with Crippen LogP contribution >= 0.6 is 11.8 Å². The molecule has 1 saturated heterocycles. The van der Waals surface area contributed by atoms with Gasteiger partial charge in [0.05, 0.1) is 6.10 Å². The topological polar surface area (TPSA) is 9.23 Å². The van der Waals surface area contributed by atoms with E-state index >= 15 is 0 Å². The van der Waals surface area contributed by atoms with Crippen LogP contribution < -0.4 is 0 Å². The average Bonchev–Trinajstić information content (AvgIpc) is 2.14. The van der Waals surface area contributed by atoms with Crippen molar-refractivity contribution in [3.63, 3.8) is 0 Å². The number of methoxy groups -OCH3 is 1. The molecule has 1 rings (SSSR count). The number of thioether (sulfide) groups is 1. The summed E-state index contributed by atoms with van der Waals surface area (Å²) < 4.78 is 5.03. The maximum atomic E-state index is 5.03. The summed E-state index contributed by atoms with van der Waals surface area (Å²) in [5.41, 5.74) is 0. The van der Waals surface area contributed by atoms with Gasteiger partial charge in [0.25, 0.3) is 0 Å². The smallest absolute Gasteiger partial charge is 0.0709 e. The molecule has 1 unspecified atom stereocenters. The van der Waals surface area contributed by atoms with E-state index in [1.165, 1.54) is 12.2 Å². The Labute approximate surface area is 48.4 Å². The van der Waals surface area contributed by atoms with Crippen LogP contribution in [0.15, 0.2) is 0 Å². The molecule has 1 heterocycles. The van der Waals surface area contributed by atoms with E-state index in [2.05, 4.69) is 5.75 Å². The summed E-state index contributed by atoms with van der Waals surface area (Å²) >= 11 is 1.86. The van der Waals surface area contributed by atoms with Gasteiger partial charge < -0.3 is 4.74 Å². The highest BCUT2D eigenvalue weighted by Gasteiger charge is 2.13. The minimum atomic E-state index is 0.435. The minimum Gasteiger partial charge on any atom is -0.380 e. The standard InChI is InChI=1S/C5H9OS/c1-6-5-2-3-7-4-5/h4-5H,2-3H2,1H3. The van der Waals surface area contributed by atoms with Gasteiger partial charge in [0.15, 0.2) is 0 Å². The first-order valence-corrected chi connectivity index (χ1v) is 3.46. The Balaban J connectivity index is 2.14. The van der Waals surface area contributed by atoms with Gasteiger partial charge in [-0.3, -0.25) is 0 Å². The van der Waals surface area contributed by atoms with E-state index in [1.807, 2.05) is 11.8 Å². The molecular weight excluding hydrogens is 108 g/mol. The summed E-state index contributed by atoms with van der Waals surface area (Å²) in [7, 11) is 1.76. The third-order valence-electron chi connectivity index (χ3n) is 1.07. The van der Waals surface area contributed by atoms with E-state index in [-0.39, 0.29) is 0 Å². The molecular formula is C5H9OS. The third kappa shape index (κ3) is 1.35. The van der Waals surface area contributed by atoms with E-state index in [0.29, 0.717) is 6.10 Å². The van der Waals surface area contributed by atoms with Crippen LogP contribution in [0, 0.1) is 5.75 Å². The van der Waals surface area contributed by atoms with E-state index in [4.69, 9.17) is 4.74 Å². The second kappa shape index (κ2) is 2.58. The second-order valence-corrected chi connectivity index (χ2v) is 2.58. The van der Waals surface area contributed by atoms with Crippen LogP contribution in [0.2, 0.25) is 0 Å². The number of ether oxygens (including phenoxy) is 1. The molecule has 41 valence electrons. The lowest BCUT2D eigenvalue weighted by atomic mass is 10.3. The first-order valence-electron chi connectivity index (χ1n) is 2.41. The van der Waals surface area contributed by atoms with Crippen molar-refractivity contribution in [2.24, 2.45) is 0 Å². The van der Waals surface area contributed by atoms with Crippen LogP contribution in [-0.4, -0.2) is 19.0 Å². The van der Waals surface area contributed by atoms with Crippen molar-refractivity contribution in [1.82, 2.24) is 0 Å².